The van der Waals surface area contributed by atoms with E-state index < -0.39 is 0 Å². The Kier molecular flexibility index (Phi) is 6.61. The van der Waals surface area contributed by atoms with Crippen LogP contribution >= 0.6 is 0 Å². The van der Waals surface area contributed by atoms with E-state index in [1.165, 1.54) is 45.3 Å². The number of hydrogen-bond donors (Lipinski definition) is 1. The zero-order valence-electron chi connectivity index (χ0n) is 12.9. The van der Waals surface area contributed by atoms with Gasteiger partial charge in [-0.05, 0) is 57.9 Å². The molecule has 1 heterocycles. The van der Waals surface area contributed by atoms with Crippen molar-refractivity contribution in [1.82, 2.24) is 9.80 Å². The van der Waals surface area contributed by atoms with Crippen molar-refractivity contribution in [2.75, 3.05) is 39.8 Å². The van der Waals surface area contributed by atoms with E-state index in [-0.39, 0.29) is 0 Å². The van der Waals surface area contributed by atoms with Crippen molar-refractivity contribution >= 4 is 0 Å². The van der Waals surface area contributed by atoms with Gasteiger partial charge in [0.15, 0.2) is 0 Å². The van der Waals surface area contributed by atoms with E-state index in [1.54, 1.807) is 0 Å². The Hall–Kier alpha value is -0.120. The Balaban J connectivity index is 2.42. The Morgan fingerprint density at radius 3 is 2.33 bits per heavy atom. The fourth-order valence-corrected chi connectivity index (χ4v) is 3.26. The molecule has 0 bridgehead atoms. The van der Waals surface area contributed by atoms with Crippen LogP contribution in [0.3, 0.4) is 0 Å². The van der Waals surface area contributed by atoms with Gasteiger partial charge >= 0.3 is 0 Å². The van der Waals surface area contributed by atoms with Gasteiger partial charge in [0.05, 0.1) is 0 Å². The van der Waals surface area contributed by atoms with Crippen LogP contribution in [0.4, 0.5) is 0 Å². The predicted octanol–water partition coefficient (Wildman–Crippen LogP) is 2.17. The third-order valence-corrected chi connectivity index (χ3v) is 4.61. The molecule has 2 N–H and O–H groups in total. The molecule has 3 heteroatoms. The molecule has 1 atom stereocenters. The highest BCUT2D eigenvalue weighted by Gasteiger charge is 2.28. The molecule has 1 saturated heterocycles. The predicted molar refractivity (Wildman–Crippen MR) is 79.8 cm³/mol. The van der Waals surface area contributed by atoms with Crippen LogP contribution < -0.4 is 5.73 Å². The molecule has 1 unspecified atom stereocenters. The number of rotatable bonds is 7. The van der Waals surface area contributed by atoms with E-state index in [0.717, 1.165) is 19.1 Å². The highest BCUT2D eigenvalue weighted by molar-refractivity contribution is 4.84. The van der Waals surface area contributed by atoms with E-state index in [4.69, 9.17) is 5.73 Å². The molecular weight excluding hydrogens is 222 g/mol. The zero-order valence-corrected chi connectivity index (χ0v) is 12.9. The molecule has 0 aromatic heterocycles. The lowest BCUT2D eigenvalue weighted by molar-refractivity contribution is 0.0918. The highest BCUT2D eigenvalue weighted by Crippen LogP contribution is 2.25. The average molecular weight is 255 g/mol. The van der Waals surface area contributed by atoms with Crippen molar-refractivity contribution in [1.29, 1.82) is 0 Å². The molecule has 0 spiro atoms. The molecule has 0 aromatic rings. The van der Waals surface area contributed by atoms with Crippen molar-refractivity contribution in [2.24, 2.45) is 11.1 Å². The van der Waals surface area contributed by atoms with Crippen molar-refractivity contribution in [3.63, 3.8) is 0 Å². The molecular formula is C15H33N3. The SMILES string of the molecule is CCCC(C)(CN)CN(C)C1CCN(CC)CC1. The first kappa shape index (κ1) is 15.9. The van der Waals surface area contributed by atoms with Crippen LogP contribution in [0.5, 0.6) is 0 Å². The number of nitrogens with zero attached hydrogens (tertiary/aromatic N) is 2. The van der Waals surface area contributed by atoms with Crippen molar-refractivity contribution in [3.05, 3.63) is 0 Å². The third-order valence-electron chi connectivity index (χ3n) is 4.61. The highest BCUT2D eigenvalue weighted by atomic mass is 15.2. The van der Waals surface area contributed by atoms with Crippen LogP contribution in [0.15, 0.2) is 0 Å². The minimum absolute atomic E-state index is 0.297. The maximum Gasteiger partial charge on any atom is 0.0117 e. The number of piperidine rings is 1. The second-order valence-electron chi connectivity index (χ2n) is 6.35. The maximum atomic E-state index is 5.98. The summed E-state index contributed by atoms with van der Waals surface area (Å²) in [7, 11) is 2.29. The van der Waals surface area contributed by atoms with Gasteiger partial charge in [0.25, 0.3) is 0 Å². The van der Waals surface area contributed by atoms with E-state index in [0.29, 0.717) is 5.41 Å². The number of likely N-dealkylation sites (tertiary alicyclic amines) is 1. The standard InChI is InChI=1S/C15H33N3/c1-5-9-15(3,12-16)13-17(4)14-7-10-18(6-2)11-8-14/h14H,5-13,16H2,1-4H3. The summed E-state index contributed by atoms with van der Waals surface area (Å²) >= 11 is 0. The Morgan fingerprint density at radius 2 is 1.89 bits per heavy atom. The van der Waals surface area contributed by atoms with Crippen molar-refractivity contribution in [2.45, 2.75) is 52.5 Å². The van der Waals surface area contributed by atoms with Crippen LogP contribution in [0.1, 0.15) is 46.5 Å². The Labute approximate surface area is 114 Å². The van der Waals surface area contributed by atoms with E-state index in [9.17, 15) is 0 Å². The first-order valence-corrected chi connectivity index (χ1v) is 7.67. The summed E-state index contributed by atoms with van der Waals surface area (Å²) in [5.41, 5.74) is 6.28. The monoisotopic (exact) mass is 255 g/mol. The molecule has 108 valence electrons. The lowest BCUT2D eigenvalue weighted by atomic mass is 9.84. The summed E-state index contributed by atoms with van der Waals surface area (Å²) in [6, 6.07) is 0.760. The number of nitrogens with two attached hydrogens (primary N) is 1. The van der Waals surface area contributed by atoms with Gasteiger partial charge in [-0.25, -0.2) is 0 Å². The molecule has 1 aliphatic rings. The van der Waals surface area contributed by atoms with Crippen molar-refractivity contribution in [3.8, 4) is 0 Å². The Morgan fingerprint density at radius 1 is 1.28 bits per heavy atom. The van der Waals surface area contributed by atoms with Gasteiger partial charge < -0.3 is 15.5 Å². The minimum atomic E-state index is 0.297. The van der Waals surface area contributed by atoms with E-state index in [1.807, 2.05) is 0 Å². The molecule has 1 fully saturated rings. The molecule has 1 aliphatic heterocycles. The molecule has 1 rings (SSSR count). The van der Waals surface area contributed by atoms with Crippen LogP contribution in [0, 0.1) is 5.41 Å². The average Bonchev–Trinajstić information content (AvgIpc) is 2.39. The zero-order chi connectivity index (χ0) is 13.6. The van der Waals surface area contributed by atoms with Gasteiger partial charge in [-0.3, -0.25) is 0 Å². The van der Waals surface area contributed by atoms with Crippen LogP contribution in [0.25, 0.3) is 0 Å². The first-order valence-electron chi connectivity index (χ1n) is 7.67. The van der Waals surface area contributed by atoms with Gasteiger partial charge in [-0.2, -0.15) is 0 Å². The summed E-state index contributed by atoms with van der Waals surface area (Å²) in [5, 5.41) is 0. The van der Waals surface area contributed by atoms with Gasteiger partial charge in [0.1, 0.15) is 0 Å². The normalized spacial score (nSPS) is 22.3. The summed E-state index contributed by atoms with van der Waals surface area (Å²) in [4.78, 5) is 5.12. The largest absolute Gasteiger partial charge is 0.330 e. The van der Waals surface area contributed by atoms with E-state index in [2.05, 4.69) is 37.6 Å². The molecule has 0 radical (unpaired) electrons. The van der Waals surface area contributed by atoms with Gasteiger partial charge in [-0.15, -0.1) is 0 Å². The topological polar surface area (TPSA) is 32.5 Å². The Bertz CT molecular complexity index is 224. The fourth-order valence-electron chi connectivity index (χ4n) is 3.26. The lowest BCUT2D eigenvalue weighted by Gasteiger charge is -2.40. The van der Waals surface area contributed by atoms with Crippen LogP contribution in [-0.4, -0.2) is 55.6 Å². The molecule has 0 saturated carbocycles. The second kappa shape index (κ2) is 7.46. The molecule has 0 aliphatic carbocycles. The first-order chi connectivity index (χ1) is 8.54. The van der Waals surface area contributed by atoms with Crippen LogP contribution in [0.2, 0.25) is 0 Å². The lowest BCUT2D eigenvalue weighted by Crippen LogP contribution is -2.48. The van der Waals surface area contributed by atoms with Gasteiger partial charge in [0, 0.05) is 12.6 Å². The minimum Gasteiger partial charge on any atom is -0.330 e. The molecule has 0 aromatic carbocycles. The van der Waals surface area contributed by atoms with Gasteiger partial charge in [0.2, 0.25) is 0 Å². The summed E-state index contributed by atoms with van der Waals surface area (Å²) in [6.45, 7) is 12.5. The summed E-state index contributed by atoms with van der Waals surface area (Å²) in [5.74, 6) is 0. The van der Waals surface area contributed by atoms with Gasteiger partial charge in [-0.1, -0.05) is 27.2 Å². The second-order valence-corrected chi connectivity index (χ2v) is 6.35. The summed E-state index contributed by atoms with van der Waals surface area (Å²) in [6.07, 6.45) is 5.10. The van der Waals surface area contributed by atoms with E-state index >= 15 is 0 Å². The molecule has 18 heavy (non-hydrogen) atoms. The quantitative estimate of drug-likeness (QED) is 0.757. The fraction of sp³-hybridized carbons (Fsp3) is 1.00. The van der Waals surface area contributed by atoms with Crippen molar-refractivity contribution < 1.29 is 0 Å². The summed E-state index contributed by atoms with van der Waals surface area (Å²) < 4.78 is 0. The maximum absolute atomic E-state index is 5.98. The molecule has 3 nitrogen and oxygen atoms in total. The van der Waals surface area contributed by atoms with Crippen LogP contribution in [-0.2, 0) is 0 Å². The third kappa shape index (κ3) is 4.52. The molecule has 0 amide bonds. The smallest absolute Gasteiger partial charge is 0.0117 e. The number of hydrogen-bond acceptors (Lipinski definition) is 3.